The average Bonchev–Trinajstić information content (AvgIpc) is 2.95. The molecule has 0 spiro atoms. The van der Waals surface area contributed by atoms with E-state index in [-0.39, 0.29) is 12.0 Å². The monoisotopic (exact) mass is 265 g/mol. The van der Waals surface area contributed by atoms with Gasteiger partial charge in [0.1, 0.15) is 0 Å². The Labute approximate surface area is 112 Å². The summed E-state index contributed by atoms with van der Waals surface area (Å²) in [4.78, 5) is 14.2. The molecule has 1 aromatic rings. The zero-order valence-electron chi connectivity index (χ0n) is 10.7. The van der Waals surface area contributed by atoms with Gasteiger partial charge in [0.15, 0.2) is 0 Å². The lowest BCUT2D eigenvalue weighted by Crippen LogP contribution is -2.45. The van der Waals surface area contributed by atoms with Gasteiger partial charge in [0.2, 0.25) is 5.91 Å². The lowest BCUT2D eigenvalue weighted by Gasteiger charge is -2.34. The third-order valence-corrected chi connectivity index (χ3v) is 4.76. The summed E-state index contributed by atoms with van der Waals surface area (Å²) in [5.74, 6) is 0.917. The van der Waals surface area contributed by atoms with Crippen LogP contribution in [0.25, 0.3) is 0 Å². The van der Waals surface area contributed by atoms with Crippen molar-refractivity contribution in [1.29, 1.82) is 0 Å². The van der Waals surface area contributed by atoms with Gasteiger partial charge in [-0.25, -0.2) is 0 Å². The Balaban J connectivity index is 1.59. The molecule has 2 fully saturated rings. The van der Waals surface area contributed by atoms with Crippen LogP contribution in [-0.4, -0.2) is 36.1 Å². The molecule has 4 heteroatoms. The van der Waals surface area contributed by atoms with Gasteiger partial charge < -0.3 is 9.64 Å². The fraction of sp³-hybridized carbons (Fsp3) is 0.643. The maximum absolute atomic E-state index is 12.2. The number of carbonyl (C=O) groups is 1. The molecule has 0 aliphatic carbocycles. The van der Waals surface area contributed by atoms with E-state index >= 15 is 0 Å². The standard InChI is InChI=1S/C14H19NO2S/c1-10-6-12-2-4-15(8-13(12)17-10)14(16)7-11-3-5-18-9-11/h3,5,9-10,12-13H,2,4,6-8H2,1H3/t10-,12+,13-/m1/s1. The number of nitrogens with zero attached hydrogens (tertiary/aromatic N) is 1. The topological polar surface area (TPSA) is 29.5 Å². The molecular formula is C14H19NO2S. The number of rotatable bonds is 2. The summed E-state index contributed by atoms with van der Waals surface area (Å²) in [5, 5.41) is 4.08. The number of thiophene rings is 1. The molecule has 2 saturated heterocycles. The summed E-state index contributed by atoms with van der Waals surface area (Å²) >= 11 is 1.65. The van der Waals surface area contributed by atoms with Gasteiger partial charge in [0, 0.05) is 13.1 Å². The summed E-state index contributed by atoms with van der Waals surface area (Å²) in [5.41, 5.74) is 1.13. The van der Waals surface area contributed by atoms with Crippen LogP contribution in [0.5, 0.6) is 0 Å². The van der Waals surface area contributed by atoms with Crippen molar-refractivity contribution in [1.82, 2.24) is 4.90 Å². The number of likely N-dealkylation sites (tertiary alicyclic amines) is 1. The van der Waals surface area contributed by atoms with Crippen LogP contribution in [0, 0.1) is 5.92 Å². The third-order valence-electron chi connectivity index (χ3n) is 4.03. The molecule has 0 aromatic carbocycles. The SMILES string of the molecule is C[C@@H]1C[C@@H]2CCN(C(=O)Cc3ccsc3)C[C@H]2O1. The van der Waals surface area contributed by atoms with Gasteiger partial charge >= 0.3 is 0 Å². The van der Waals surface area contributed by atoms with Crippen LogP contribution in [0.2, 0.25) is 0 Å². The fourth-order valence-corrected chi connectivity index (χ4v) is 3.74. The molecule has 3 atom stereocenters. The van der Waals surface area contributed by atoms with Crippen molar-refractivity contribution >= 4 is 17.2 Å². The van der Waals surface area contributed by atoms with Gasteiger partial charge in [0.25, 0.3) is 0 Å². The second kappa shape index (κ2) is 5.02. The predicted octanol–water partition coefficient (Wildman–Crippen LogP) is 2.32. The smallest absolute Gasteiger partial charge is 0.227 e. The fourth-order valence-electron chi connectivity index (χ4n) is 3.08. The Morgan fingerprint density at radius 1 is 1.61 bits per heavy atom. The molecule has 3 rings (SSSR count). The molecule has 0 radical (unpaired) electrons. The first kappa shape index (κ1) is 12.2. The molecule has 2 aliphatic heterocycles. The Kier molecular flexibility index (Phi) is 3.39. The van der Waals surface area contributed by atoms with Crippen LogP contribution < -0.4 is 0 Å². The quantitative estimate of drug-likeness (QED) is 0.821. The Bertz CT molecular complexity index is 417. The molecule has 3 heterocycles. The minimum atomic E-state index is 0.245. The highest BCUT2D eigenvalue weighted by Crippen LogP contribution is 2.33. The maximum atomic E-state index is 12.2. The largest absolute Gasteiger partial charge is 0.373 e. The van der Waals surface area contributed by atoms with Crippen LogP contribution in [0.15, 0.2) is 16.8 Å². The minimum Gasteiger partial charge on any atom is -0.373 e. The molecule has 1 aromatic heterocycles. The lowest BCUT2D eigenvalue weighted by atomic mass is 9.92. The van der Waals surface area contributed by atoms with Crippen molar-refractivity contribution in [2.75, 3.05) is 13.1 Å². The highest BCUT2D eigenvalue weighted by Gasteiger charge is 2.38. The van der Waals surface area contributed by atoms with Gasteiger partial charge in [-0.1, -0.05) is 0 Å². The number of fused-ring (bicyclic) bond motifs is 1. The molecule has 2 aliphatic rings. The van der Waals surface area contributed by atoms with Gasteiger partial charge in [-0.3, -0.25) is 4.79 Å². The van der Waals surface area contributed by atoms with Crippen molar-refractivity contribution in [3.63, 3.8) is 0 Å². The average molecular weight is 265 g/mol. The second-order valence-corrected chi connectivity index (χ2v) is 6.20. The molecule has 18 heavy (non-hydrogen) atoms. The molecule has 1 amide bonds. The second-order valence-electron chi connectivity index (χ2n) is 5.42. The number of amides is 1. The summed E-state index contributed by atoms with van der Waals surface area (Å²) in [6.45, 7) is 3.83. The van der Waals surface area contributed by atoms with E-state index in [9.17, 15) is 4.79 Å². The Morgan fingerprint density at radius 2 is 2.50 bits per heavy atom. The zero-order chi connectivity index (χ0) is 12.5. The van der Waals surface area contributed by atoms with Crippen molar-refractivity contribution in [3.8, 4) is 0 Å². The van der Waals surface area contributed by atoms with Crippen molar-refractivity contribution in [2.45, 2.75) is 38.4 Å². The number of ether oxygens (including phenoxy) is 1. The molecule has 0 unspecified atom stereocenters. The minimum absolute atomic E-state index is 0.245. The van der Waals surface area contributed by atoms with Crippen LogP contribution in [0.3, 0.4) is 0 Å². The van der Waals surface area contributed by atoms with Crippen molar-refractivity contribution < 1.29 is 9.53 Å². The van der Waals surface area contributed by atoms with Crippen LogP contribution in [-0.2, 0) is 16.0 Å². The summed E-state index contributed by atoms with van der Waals surface area (Å²) in [6, 6.07) is 2.03. The number of hydrogen-bond donors (Lipinski definition) is 0. The maximum Gasteiger partial charge on any atom is 0.227 e. The van der Waals surface area contributed by atoms with E-state index < -0.39 is 0 Å². The first-order chi connectivity index (χ1) is 8.72. The molecular weight excluding hydrogens is 246 g/mol. The predicted molar refractivity (Wildman–Crippen MR) is 71.7 cm³/mol. The first-order valence-electron chi connectivity index (χ1n) is 6.66. The van der Waals surface area contributed by atoms with Gasteiger partial charge in [0.05, 0.1) is 18.6 Å². The van der Waals surface area contributed by atoms with Crippen LogP contribution >= 0.6 is 11.3 Å². The normalized spacial score (nSPS) is 31.4. The van der Waals surface area contributed by atoms with Gasteiger partial charge in [-0.05, 0) is 48.1 Å². The summed E-state index contributed by atoms with van der Waals surface area (Å²) in [7, 11) is 0. The van der Waals surface area contributed by atoms with E-state index in [1.54, 1.807) is 11.3 Å². The van der Waals surface area contributed by atoms with E-state index in [1.807, 2.05) is 16.3 Å². The highest BCUT2D eigenvalue weighted by molar-refractivity contribution is 7.07. The Hall–Kier alpha value is -0.870. The molecule has 0 bridgehead atoms. The zero-order valence-corrected chi connectivity index (χ0v) is 11.5. The Morgan fingerprint density at radius 3 is 3.28 bits per heavy atom. The van der Waals surface area contributed by atoms with Crippen LogP contribution in [0.1, 0.15) is 25.3 Å². The van der Waals surface area contributed by atoms with E-state index in [1.165, 1.54) is 0 Å². The first-order valence-corrected chi connectivity index (χ1v) is 7.61. The summed E-state index contributed by atoms with van der Waals surface area (Å²) in [6.07, 6.45) is 3.45. The molecule has 0 saturated carbocycles. The van der Waals surface area contributed by atoms with E-state index in [0.29, 0.717) is 18.4 Å². The lowest BCUT2D eigenvalue weighted by molar-refractivity contribution is -0.134. The van der Waals surface area contributed by atoms with E-state index in [4.69, 9.17) is 4.74 Å². The molecule has 0 N–H and O–H groups in total. The van der Waals surface area contributed by atoms with Crippen molar-refractivity contribution in [3.05, 3.63) is 22.4 Å². The van der Waals surface area contributed by atoms with Crippen LogP contribution in [0.4, 0.5) is 0 Å². The highest BCUT2D eigenvalue weighted by atomic mass is 32.1. The van der Waals surface area contributed by atoms with E-state index in [2.05, 4.69) is 12.3 Å². The van der Waals surface area contributed by atoms with Gasteiger partial charge in [-0.2, -0.15) is 11.3 Å². The molecule has 98 valence electrons. The third kappa shape index (κ3) is 2.45. The van der Waals surface area contributed by atoms with Gasteiger partial charge in [-0.15, -0.1) is 0 Å². The number of carbonyl (C=O) groups excluding carboxylic acids is 1. The number of piperidine rings is 1. The van der Waals surface area contributed by atoms with E-state index in [0.717, 1.165) is 31.5 Å². The number of hydrogen-bond acceptors (Lipinski definition) is 3. The molecule has 3 nitrogen and oxygen atoms in total. The van der Waals surface area contributed by atoms with Crippen molar-refractivity contribution in [2.24, 2.45) is 5.92 Å². The summed E-state index contributed by atoms with van der Waals surface area (Å²) < 4.78 is 5.89.